The second-order valence-electron chi connectivity index (χ2n) is 9.91. The van der Waals surface area contributed by atoms with Crippen molar-refractivity contribution in [1.29, 1.82) is 0 Å². The molecule has 0 N–H and O–H groups in total. The fourth-order valence-electron chi connectivity index (χ4n) is 5.70. The first-order valence-electron chi connectivity index (χ1n) is 13.4. The van der Waals surface area contributed by atoms with Crippen molar-refractivity contribution in [1.82, 2.24) is 4.57 Å². The largest absolute Gasteiger partial charge is 0.344 e. The van der Waals surface area contributed by atoms with Crippen molar-refractivity contribution in [2.75, 3.05) is 4.90 Å². The van der Waals surface area contributed by atoms with Gasteiger partial charge in [-0.15, -0.1) is 0 Å². The van der Waals surface area contributed by atoms with Crippen molar-refractivity contribution in [3.05, 3.63) is 152 Å². The first kappa shape index (κ1) is 23.1. The molecule has 0 spiro atoms. The molecule has 39 heavy (non-hydrogen) atoms. The van der Waals surface area contributed by atoms with Gasteiger partial charge < -0.3 is 9.47 Å². The molecule has 0 saturated carbocycles. The zero-order chi connectivity index (χ0) is 26.2. The molecule has 2 heteroatoms. The Morgan fingerprint density at radius 2 is 0.897 bits per heavy atom. The van der Waals surface area contributed by atoms with Crippen LogP contribution in [0.1, 0.15) is 0 Å². The van der Waals surface area contributed by atoms with Gasteiger partial charge in [0.1, 0.15) is 0 Å². The van der Waals surface area contributed by atoms with Gasteiger partial charge in [0.2, 0.25) is 0 Å². The minimum Gasteiger partial charge on any atom is -0.344 e. The molecular formula is C37H28N2. The van der Waals surface area contributed by atoms with E-state index in [0.29, 0.717) is 0 Å². The Labute approximate surface area is 229 Å². The Balaban J connectivity index is 1.24. The number of hydrogen-bond donors (Lipinski definition) is 0. The van der Waals surface area contributed by atoms with E-state index in [1.807, 2.05) is 0 Å². The van der Waals surface area contributed by atoms with Crippen molar-refractivity contribution in [2.45, 2.75) is 0 Å². The molecule has 0 atom stereocenters. The summed E-state index contributed by atoms with van der Waals surface area (Å²) in [5, 5.41) is 2.61. The molecule has 1 heterocycles. The van der Waals surface area contributed by atoms with Crippen LogP contribution in [0.5, 0.6) is 0 Å². The number of rotatable bonds is 5. The fourth-order valence-corrected chi connectivity index (χ4v) is 5.70. The van der Waals surface area contributed by atoms with Crippen molar-refractivity contribution in [3.8, 4) is 22.3 Å². The van der Waals surface area contributed by atoms with E-state index < -0.39 is 0 Å². The molecule has 0 bridgehead atoms. The van der Waals surface area contributed by atoms with Crippen LogP contribution in [0.25, 0.3) is 44.1 Å². The van der Waals surface area contributed by atoms with Crippen molar-refractivity contribution in [3.63, 3.8) is 0 Å². The number of hydrogen-bond acceptors (Lipinski definition) is 1. The van der Waals surface area contributed by atoms with Crippen molar-refractivity contribution in [2.24, 2.45) is 7.05 Å². The van der Waals surface area contributed by atoms with Crippen LogP contribution in [0, 0.1) is 0 Å². The van der Waals surface area contributed by atoms with Crippen LogP contribution < -0.4 is 4.90 Å². The lowest BCUT2D eigenvalue weighted by Crippen LogP contribution is -2.09. The molecule has 2 nitrogen and oxygen atoms in total. The highest BCUT2D eigenvalue weighted by Crippen LogP contribution is 2.38. The van der Waals surface area contributed by atoms with Gasteiger partial charge in [-0.05, 0) is 70.8 Å². The summed E-state index contributed by atoms with van der Waals surface area (Å²) < 4.78 is 2.29. The van der Waals surface area contributed by atoms with E-state index in [1.165, 1.54) is 44.1 Å². The average molecular weight is 501 g/mol. The Morgan fingerprint density at radius 3 is 1.54 bits per heavy atom. The summed E-state index contributed by atoms with van der Waals surface area (Å²) in [4.78, 5) is 2.29. The first-order valence-corrected chi connectivity index (χ1v) is 13.4. The molecule has 0 unspecified atom stereocenters. The molecule has 0 fully saturated rings. The lowest BCUT2D eigenvalue weighted by atomic mass is 9.97. The number of aromatic nitrogens is 1. The lowest BCUT2D eigenvalue weighted by Gasteiger charge is -2.25. The number of benzene rings is 6. The van der Waals surface area contributed by atoms with Crippen LogP contribution in [-0.2, 0) is 7.05 Å². The van der Waals surface area contributed by atoms with Crippen LogP contribution in [0.4, 0.5) is 17.1 Å². The Kier molecular flexibility index (Phi) is 5.71. The maximum Gasteiger partial charge on any atom is 0.0495 e. The monoisotopic (exact) mass is 500 g/mol. The van der Waals surface area contributed by atoms with Gasteiger partial charge in [0.05, 0.1) is 0 Å². The number of nitrogens with zero attached hydrogens (tertiary/aromatic N) is 2. The highest BCUT2D eigenvalue weighted by atomic mass is 15.1. The fraction of sp³-hybridized carbons (Fsp3) is 0.0270. The smallest absolute Gasteiger partial charge is 0.0495 e. The highest BCUT2D eigenvalue weighted by Gasteiger charge is 2.14. The lowest BCUT2D eigenvalue weighted by molar-refractivity contribution is 1.01. The molecule has 1 aromatic heterocycles. The van der Waals surface area contributed by atoms with Gasteiger partial charge in [0.15, 0.2) is 0 Å². The van der Waals surface area contributed by atoms with E-state index in [9.17, 15) is 0 Å². The number of aryl methyl sites for hydroxylation is 1. The van der Waals surface area contributed by atoms with Gasteiger partial charge in [-0.2, -0.15) is 0 Å². The molecule has 7 rings (SSSR count). The van der Waals surface area contributed by atoms with E-state index in [1.54, 1.807) is 0 Å². The quantitative estimate of drug-likeness (QED) is 0.228. The van der Waals surface area contributed by atoms with E-state index in [2.05, 4.69) is 168 Å². The zero-order valence-electron chi connectivity index (χ0n) is 21.8. The van der Waals surface area contributed by atoms with Gasteiger partial charge in [-0.25, -0.2) is 0 Å². The normalized spacial score (nSPS) is 11.2. The summed E-state index contributed by atoms with van der Waals surface area (Å²) in [5.41, 5.74) is 10.9. The summed E-state index contributed by atoms with van der Waals surface area (Å²) in [7, 11) is 2.15. The van der Waals surface area contributed by atoms with E-state index in [0.717, 1.165) is 17.1 Å². The number of para-hydroxylation sites is 3. The van der Waals surface area contributed by atoms with Crippen molar-refractivity contribution < 1.29 is 0 Å². The third-order valence-electron chi connectivity index (χ3n) is 7.62. The third-order valence-corrected chi connectivity index (χ3v) is 7.62. The first-order chi connectivity index (χ1) is 19.3. The van der Waals surface area contributed by atoms with E-state index in [-0.39, 0.29) is 0 Å². The minimum absolute atomic E-state index is 1.13. The molecular weight excluding hydrogens is 472 g/mol. The molecule has 0 aliphatic carbocycles. The minimum atomic E-state index is 1.13. The predicted molar refractivity (Wildman–Crippen MR) is 166 cm³/mol. The number of anilines is 3. The highest BCUT2D eigenvalue weighted by molar-refractivity contribution is 6.14. The summed E-state index contributed by atoms with van der Waals surface area (Å²) in [6.45, 7) is 0. The Hall–Kier alpha value is -5.08. The van der Waals surface area contributed by atoms with Crippen LogP contribution in [-0.4, -0.2) is 4.57 Å². The summed E-state index contributed by atoms with van der Waals surface area (Å²) in [5.74, 6) is 0. The molecule has 0 radical (unpaired) electrons. The van der Waals surface area contributed by atoms with E-state index >= 15 is 0 Å². The second kappa shape index (κ2) is 9.66. The van der Waals surface area contributed by atoms with Gasteiger partial charge >= 0.3 is 0 Å². The predicted octanol–water partition coefficient (Wildman–Crippen LogP) is 10.1. The average Bonchev–Trinajstić information content (AvgIpc) is 3.31. The second-order valence-corrected chi connectivity index (χ2v) is 9.91. The van der Waals surface area contributed by atoms with Crippen LogP contribution >= 0.6 is 0 Å². The molecule has 0 amide bonds. The summed E-state index contributed by atoms with van der Waals surface area (Å²) in [6.07, 6.45) is 0. The van der Waals surface area contributed by atoms with Crippen LogP contribution in [0.3, 0.4) is 0 Å². The van der Waals surface area contributed by atoms with Crippen LogP contribution in [0.15, 0.2) is 152 Å². The van der Waals surface area contributed by atoms with Gasteiger partial charge in [-0.1, -0.05) is 103 Å². The molecule has 186 valence electrons. The van der Waals surface area contributed by atoms with Gasteiger partial charge in [0, 0.05) is 45.9 Å². The molecule has 6 aromatic carbocycles. The Bertz CT molecular complexity index is 1840. The van der Waals surface area contributed by atoms with Crippen molar-refractivity contribution >= 4 is 38.9 Å². The SMILES string of the molecule is Cn1c2ccccc2c2c(-c3ccc(-c4ccc(N(c5ccccc5)c5ccccc5)cc4)cc3)cccc21. The van der Waals surface area contributed by atoms with Gasteiger partial charge in [0.25, 0.3) is 0 Å². The number of fused-ring (bicyclic) bond motifs is 3. The molecule has 0 aliphatic rings. The topological polar surface area (TPSA) is 8.17 Å². The van der Waals surface area contributed by atoms with Crippen LogP contribution in [0.2, 0.25) is 0 Å². The molecule has 0 aliphatic heterocycles. The standard InChI is InChI=1S/C37H28N2/c1-38-35-17-9-8-15-34(35)37-33(16-10-18-36(37)38)29-21-19-27(20-22-29)28-23-25-32(26-24-28)39(30-11-4-2-5-12-30)31-13-6-3-7-14-31/h2-26H,1H3. The van der Waals surface area contributed by atoms with Gasteiger partial charge in [-0.3, -0.25) is 0 Å². The maximum absolute atomic E-state index is 2.29. The maximum atomic E-state index is 2.29. The molecule has 0 saturated heterocycles. The summed E-state index contributed by atoms with van der Waals surface area (Å²) in [6, 6.07) is 54.1. The molecule has 7 aromatic rings. The van der Waals surface area contributed by atoms with E-state index in [4.69, 9.17) is 0 Å². The Morgan fingerprint density at radius 1 is 0.410 bits per heavy atom. The summed E-state index contributed by atoms with van der Waals surface area (Å²) >= 11 is 0. The third kappa shape index (κ3) is 4.07. The zero-order valence-corrected chi connectivity index (χ0v) is 21.8.